The van der Waals surface area contributed by atoms with Crippen LogP contribution in [0.4, 0.5) is 0 Å². The van der Waals surface area contributed by atoms with Gasteiger partial charge in [0.2, 0.25) is 0 Å². The largest absolute Gasteiger partial charge is 0.301 e. The van der Waals surface area contributed by atoms with E-state index >= 15 is 0 Å². The quantitative estimate of drug-likeness (QED) is 0.527. The van der Waals surface area contributed by atoms with Gasteiger partial charge in [-0.15, -0.1) is 0 Å². The maximum Gasteiger partial charge on any atom is 0.301 e. The van der Waals surface area contributed by atoms with Crippen LogP contribution in [-0.2, 0) is 15.0 Å². The minimum absolute atomic E-state index is 1.01. The van der Waals surface area contributed by atoms with Crippen LogP contribution in [-0.4, -0.2) is 33.9 Å². The number of hydrogen-bond acceptors (Lipinski definition) is 3. The van der Waals surface area contributed by atoms with Gasteiger partial charge in [0, 0.05) is 14.1 Å². The highest BCUT2D eigenvalue weighted by Crippen LogP contribution is 1.85. The highest BCUT2D eigenvalue weighted by molar-refractivity contribution is 7.86. The second-order valence-corrected chi connectivity index (χ2v) is 3.42. The molecular formula is C3H10N2O3S. The van der Waals surface area contributed by atoms with Crippen molar-refractivity contribution < 1.29 is 13.3 Å². The lowest BCUT2D eigenvalue weighted by Crippen LogP contribution is -2.34. The number of nitrogens with one attached hydrogen (secondary N) is 1. The Balaban J connectivity index is 4.05. The summed E-state index contributed by atoms with van der Waals surface area (Å²) >= 11 is 0. The molecule has 6 heteroatoms. The van der Waals surface area contributed by atoms with E-state index in [-0.39, 0.29) is 0 Å². The first-order valence-electron chi connectivity index (χ1n) is 2.23. The summed E-state index contributed by atoms with van der Waals surface area (Å²) in [5.41, 5.74) is 0. The zero-order chi connectivity index (χ0) is 7.49. The molecule has 0 aromatic carbocycles. The highest BCUT2D eigenvalue weighted by Gasteiger charge is 2.10. The molecule has 0 amide bonds. The third kappa shape index (κ3) is 2.75. The first-order valence-corrected chi connectivity index (χ1v) is 3.67. The van der Waals surface area contributed by atoms with Crippen molar-refractivity contribution in [2.24, 2.45) is 0 Å². The molecule has 0 atom stereocenters. The molecule has 0 aliphatic rings. The van der Waals surface area contributed by atoms with Crippen LogP contribution < -0.4 is 4.89 Å². The van der Waals surface area contributed by atoms with Gasteiger partial charge in [-0.25, -0.2) is 0 Å². The van der Waals surface area contributed by atoms with Crippen LogP contribution in [0.15, 0.2) is 0 Å². The molecule has 0 aromatic rings. The Bertz CT molecular complexity index is 162. The molecule has 1 N–H and O–H groups in total. The van der Waals surface area contributed by atoms with Crippen LogP contribution in [0.2, 0.25) is 0 Å². The Kier molecular flexibility index (Phi) is 3.06. The minimum Gasteiger partial charge on any atom is -0.289 e. The van der Waals surface area contributed by atoms with E-state index in [2.05, 4.69) is 4.84 Å². The van der Waals surface area contributed by atoms with Crippen molar-refractivity contribution in [3.05, 3.63) is 0 Å². The molecule has 0 aromatic heterocycles. The number of hydrogen-bond donors (Lipinski definition) is 1. The fourth-order valence-electron chi connectivity index (χ4n) is 0.180. The summed E-state index contributed by atoms with van der Waals surface area (Å²) in [5, 5.41) is 0. The van der Waals surface area contributed by atoms with Crippen molar-refractivity contribution in [2.45, 2.75) is 0 Å². The summed E-state index contributed by atoms with van der Waals surface area (Å²) < 4.78 is 22.3. The van der Waals surface area contributed by atoms with Gasteiger partial charge in [0.15, 0.2) is 0 Å². The van der Waals surface area contributed by atoms with E-state index in [0.29, 0.717) is 0 Å². The molecule has 56 valence electrons. The summed E-state index contributed by atoms with van der Waals surface area (Å²) in [6, 6.07) is 0. The maximum absolute atomic E-state index is 10.6. The molecule has 9 heavy (non-hydrogen) atoms. The third-order valence-corrected chi connectivity index (χ3v) is 2.01. The Hall–Kier alpha value is -0.170. The topological polar surface area (TPSA) is 58.6 Å². The highest BCUT2D eigenvalue weighted by atomic mass is 32.2. The van der Waals surface area contributed by atoms with E-state index in [1.165, 1.54) is 21.2 Å². The van der Waals surface area contributed by atoms with Crippen LogP contribution in [0.1, 0.15) is 0 Å². The van der Waals surface area contributed by atoms with Crippen LogP contribution >= 0.6 is 0 Å². The van der Waals surface area contributed by atoms with E-state index in [0.717, 1.165) is 4.31 Å². The van der Waals surface area contributed by atoms with Gasteiger partial charge in [0.25, 0.3) is 0 Å². The molecule has 0 saturated carbocycles. The SMILES string of the molecule is CONS(=O)(=O)N(C)C. The lowest BCUT2D eigenvalue weighted by atomic mass is 11.3. The van der Waals surface area contributed by atoms with Gasteiger partial charge >= 0.3 is 10.2 Å². The lowest BCUT2D eigenvalue weighted by Gasteiger charge is -2.09. The summed E-state index contributed by atoms with van der Waals surface area (Å²) in [4.78, 5) is 6.01. The monoisotopic (exact) mass is 154 g/mol. The van der Waals surface area contributed by atoms with Crippen molar-refractivity contribution in [2.75, 3.05) is 21.2 Å². The zero-order valence-electron chi connectivity index (χ0n) is 5.58. The lowest BCUT2D eigenvalue weighted by molar-refractivity contribution is 0.148. The average molecular weight is 154 g/mol. The van der Waals surface area contributed by atoms with Gasteiger partial charge in [0.1, 0.15) is 0 Å². The molecule has 0 fully saturated rings. The van der Waals surface area contributed by atoms with E-state index < -0.39 is 10.2 Å². The smallest absolute Gasteiger partial charge is 0.289 e. The van der Waals surface area contributed by atoms with Gasteiger partial charge < -0.3 is 0 Å². The molecule has 0 aliphatic carbocycles. The minimum atomic E-state index is -3.39. The van der Waals surface area contributed by atoms with Crippen molar-refractivity contribution in [1.82, 2.24) is 9.19 Å². The van der Waals surface area contributed by atoms with E-state index in [9.17, 15) is 8.42 Å². The summed E-state index contributed by atoms with van der Waals surface area (Å²) in [6.07, 6.45) is 0. The average Bonchev–Trinajstić information content (AvgIpc) is 1.65. The van der Waals surface area contributed by atoms with E-state index in [4.69, 9.17) is 0 Å². The summed E-state index contributed by atoms with van der Waals surface area (Å²) in [7, 11) is 0.658. The zero-order valence-corrected chi connectivity index (χ0v) is 6.40. The van der Waals surface area contributed by atoms with Gasteiger partial charge in [-0.2, -0.15) is 12.7 Å². The first kappa shape index (κ1) is 8.83. The fraction of sp³-hybridized carbons (Fsp3) is 1.00. The number of nitrogens with zero attached hydrogens (tertiary/aromatic N) is 1. The Morgan fingerprint density at radius 1 is 1.44 bits per heavy atom. The Labute approximate surface area is 54.7 Å². The standard InChI is InChI=1S/C3H10N2O3S/c1-5(2)9(6,7)4-8-3/h4H,1-3H3. The molecule has 0 spiro atoms. The normalized spacial score (nSPS) is 12.4. The van der Waals surface area contributed by atoms with Gasteiger partial charge in [-0.1, -0.05) is 4.89 Å². The van der Waals surface area contributed by atoms with E-state index in [1.54, 1.807) is 0 Å². The van der Waals surface area contributed by atoms with Crippen molar-refractivity contribution in [1.29, 1.82) is 0 Å². The summed E-state index contributed by atoms with van der Waals surface area (Å²) in [6.45, 7) is 0. The van der Waals surface area contributed by atoms with Crippen LogP contribution in [0, 0.1) is 0 Å². The van der Waals surface area contributed by atoms with Crippen molar-refractivity contribution >= 4 is 10.2 Å². The molecule has 0 unspecified atom stereocenters. The van der Waals surface area contributed by atoms with Gasteiger partial charge in [0.05, 0.1) is 7.11 Å². The van der Waals surface area contributed by atoms with E-state index in [1.807, 2.05) is 4.89 Å². The van der Waals surface area contributed by atoms with Crippen LogP contribution in [0.3, 0.4) is 0 Å². The van der Waals surface area contributed by atoms with Crippen molar-refractivity contribution in [3.63, 3.8) is 0 Å². The maximum atomic E-state index is 10.6. The van der Waals surface area contributed by atoms with Crippen LogP contribution in [0.25, 0.3) is 0 Å². The third-order valence-electron chi connectivity index (χ3n) is 0.669. The number of rotatable bonds is 3. The van der Waals surface area contributed by atoms with Gasteiger partial charge in [-0.05, 0) is 0 Å². The summed E-state index contributed by atoms with van der Waals surface area (Å²) in [5.74, 6) is 0. The molecule has 0 bridgehead atoms. The molecule has 0 heterocycles. The first-order chi connectivity index (χ1) is 4.00. The van der Waals surface area contributed by atoms with Crippen LogP contribution in [0.5, 0.6) is 0 Å². The molecule has 5 nitrogen and oxygen atoms in total. The molecule has 0 rings (SSSR count). The molecule has 0 aliphatic heterocycles. The fourth-order valence-corrected chi connectivity index (χ4v) is 0.540. The Morgan fingerprint density at radius 2 is 1.89 bits per heavy atom. The van der Waals surface area contributed by atoms with Crippen molar-refractivity contribution in [3.8, 4) is 0 Å². The molecule has 0 saturated heterocycles. The predicted molar refractivity (Wildman–Crippen MR) is 32.8 cm³/mol. The Morgan fingerprint density at radius 3 is 2.00 bits per heavy atom. The predicted octanol–water partition coefficient (Wildman–Crippen LogP) is -1.06. The molecular weight excluding hydrogens is 144 g/mol. The second-order valence-electron chi connectivity index (χ2n) is 1.57. The van der Waals surface area contributed by atoms with Gasteiger partial charge in [-0.3, -0.25) is 4.84 Å². The molecule has 0 radical (unpaired) electrons. The second kappa shape index (κ2) is 3.11.